The zero-order valence-corrected chi connectivity index (χ0v) is 11.2. The Morgan fingerprint density at radius 1 is 1.33 bits per heavy atom. The van der Waals surface area contributed by atoms with Crippen LogP contribution in [0.3, 0.4) is 0 Å². The van der Waals surface area contributed by atoms with Gasteiger partial charge in [0.05, 0.1) is 10.4 Å². The van der Waals surface area contributed by atoms with Crippen molar-refractivity contribution in [2.45, 2.75) is 31.7 Å². The number of thiazole rings is 1. The molecule has 0 aromatic carbocycles. The van der Waals surface area contributed by atoms with E-state index in [4.69, 9.17) is 4.98 Å². The fraction of sp³-hybridized carbons (Fsp3) is 0.462. The molecule has 5 heteroatoms. The molecule has 1 N–H and O–H groups in total. The second-order valence-electron chi connectivity index (χ2n) is 4.55. The maximum atomic E-state index is 4.73. The quantitative estimate of drug-likeness (QED) is 0.843. The topological polar surface area (TPSA) is 50.7 Å². The molecule has 2 heterocycles. The van der Waals surface area contributed by atoms with E-state index in [-0.39, 0.29) is 0 Å². The summed E-state index contributed by atoms with van der Waals surface area (Å²) < 4.78 is 0. The van der Waals surface area contributed by atoms with Crippen molar-refractivity contribution in [1.82, 2.24) is 20.3 Å². The fourth-order valence-corrected chi connectivity index (χ4v) is 3.02. The third kappa shape index (κ3) is 2.15. The number of nitrogens with zero attached hydrogens (tertiary/aromatic N) is 3. The molecule has 0 fully saturated rings. The second-order valence-corrected chi connectivity index (χ2v) is 5.43. The van der Waals surface area contributed by atoms with Crippen LogP contribution < -0.4 is 5.32 Å². The lowest BCUT2D eigenvalue weighted by Crippen LogP contribution is -2.17. The van der Waals surface area contributed by atoms with E-state index in [2.05, 4.69) is 15.3 Å². The summed E-state index contributed by atoms with van der Waals surface area (Å²) in [6.45, 7) is 0. The number of rotatable bonds is 2. The average molecular weight is 260 g/mol. The second kappa shape index (κ2) is 5.12. The van der Waals surface area contributed by atoms with Gasteiger partial charge in [-0.1, -0.05) is 6.42 Å². The Labute approximate surface area is 111 Å². The van der Waals surface area contributed by atoms with E-state index in [1.807, 2.05) is 25.0 Å². The summed E-state index contributed by atoms with van der Waals surface area (Å²) >= 11 is 1.59. The Morgan fingerprint density at radius 2 is 2.28 bits per heavy atom. The van der Waals surface area contributed by atoms with E-state index in [1.165, 1.54) is 30.5 Å². The van der Waals surface area contributed by atoms with Crippen LogP contribution in [0.2, 0.25) is 0 Å². The van der Waals surface area contributed by atoms with Gasteiger partial charge in [-0.25, -0.2) is 9.97 Å². The van der Waals surface area contributed by atoms with E-state index >= 15 is 0 Å². The molecule has 2 aromatic heterocycles. The van der Waals surface area contributed by atoms with Crippen molar-refractivity contribution in [3.8, 4) is 10.7 Å². The molecule has 0 saturated carbocycles. The van der Waals surface area contributed by atoms with Crippen LogP contribution in [0.4, 0.5) is 0 Å². The lowest BCUT2D eigenvalue weighted by atomic mass is 10.1. The molecule has 2 aromatic rings. The largest absolute Gasteiger partial charge is 0.313 e. The third-order valence-corrected chi connectivity index (χ3v) is 4.20. The minimum Gasteiger partial charge on any atom is -0.313 e. The van der Waals surface area contributed by atoms with Gasteiger partial charge in [-0.15, -0.1) is 11.3 Å². The predicted molar refractivity (Wildman–Crippen MR) is 72.5 cm³/mol. The monoisotopic (exact) mass is 260 g/mol. The van der Waals surface area contributed by atoms with Crippen LogP contribution in [0.25, 0.3) is 10.7 Å². The number of aryl methyl sites for hydroxylation is 1. The summed E-state index contributed by atoms with van der Waals surface area (Å²) in [4.78, 5) is 14.4. The van der Waals surface area contributed by atoms with Gasteiger partial charge in [-0.3, -0.25) is 4.98 Å². The third-order valence-electron chi connectivity index (χ3n) is 3.43. The molecule has 1 atom stereocenters. The van der Waals surface area contributed by atoms with E-state index < -0.39 is 0 Å². The average Bonchev–Trinajstić information content (AvgIpc) is 2.86. The summed E-state index contributed by atoms with van der Waals surface area (Å²) in [7, 11) is 2.01. The molecule has 94 valence electrons. The van der Waals surface area contributed by atoms with Gasteiger partial charge >= 0.3 is 0 Å². The molecule has 0 saturated heterocycles. The van der Waals surface area contributed by atoms with E-state index in [0.29, 0.717) is 6.04 Å². The van der Waals surface area contributed by atoms with Crippen molar-refractivity contribution in [3.63, 3.8) is 0 Å². The zero-order valence-electron chi connectivity index (χ0n) is 10.4. The van der Waals surface area contributed by atoms with Gasteiger partial charge in [0.1, 0.15) is 0 Å². The van der Waals surface area contributed by atoms with Gasteiger partial charge in [-0.05, 0) is 26.3 Å². The highest BCUT2D eigenvalue weighted by atomic mass is 32.1. The lowest BCUT2D eigenvalue weighted by molar-refractivity contribution is 0.532. The van der Waals surface area contributed by atoms with E-state index in [9.17, 15) is 0 Å². The highest BCUT2D eigenvalue weighted by Gasteiger charge is 2.19. The van der Waals surface area contributed by atoms with Gasteiger partial charge in [0.25, 0.3) is 0 Å². The number of fused-ring (bicyclic) bond motifs is 1. The number of nitrogens with one attached hydrogen (secondary N) is 1. The first kappa shape index (κ1) is 11.7. The molecule has 0 radical (unpaired) electrons. The van der Waals surface area contributed by atoms with Crippen LogP contribution in [0, 0.1) is 0 Å². The first-order chi connectivity index (χ1) is 8.88. The van der Waals surface area contributed by atoms with Crippen molar-refractivity contribution < 1.29 is 0 Å². The molecule has 3 rings (SSSR count). The van der Waals surface area contributed by atoms with Crippen molar-refractivity contribution in [3.05, 3.63) is 29.2 Å². The smallest absolute Gasteiger partial charge is 0.171 e. The number of aromatic nitrogens is 3. The maximum absolute atomic E-state index is 4.73. The van der Waals surface area contributed by atoms with Crippen LogP contribution in [-0.4, -0.2) is 22.0 Å². The van der Waals surface area contributed by atoms with Crippen molar-refractivity contribution in [1.29, 1.82) is 0 Å². The first-order valence-electron chi connectivity index (χ1n) is 6.30. The van der Waals surface area contributed by atoms with Crippen molar-refractivity contribution >= 4 is 11.3 Å². The standard InChI is InChI=1S/C13H16N4S/c1-14-10-4-2-3-5-11-9(10)6-16-13(17-11)12-7-15-8-18-12/h6-8,10,14H,2-5H2,1H3. The molecule has 1 aliphatic carbocycles. The minimum atomic E-state index is 0.401. The Kier molecular flexibility index (Phi) is 3.34. The van der Waals surface area contributed by atoms with Gasteiger partial charge in [0.15, 0.2) is 5.82 Å². The predicted octanol–water partition coefficient (Wildman–Crippen LogP) is 2.59. The zero-order chi connectivity index (χ0) is 12.4. The lowest BCUT2D eigenvalue weighted by Gasteiger charge is -2.15. The first-order valence-corrected chi connectivity index (χ1v) is 7.18. The Balaban J connectivity index is 2.01. The fourth-order valence-electron chi connectivity index (χ4n) is 2.46. The van der Waals surface area contributed by atoms with Crippen LogP contribution in [0.5, 0.6) is 0 Å². The molecule has 1 aliphatic rings. The highest BCUT2D eigenvalue weighted by molar-refractivity contribution is 7.13. The molecular weight excluding hydrogens is 244 g/mol. The van der Waals surface area contributed by atoms with Gasteiger partial charge in [-0.2, -0.15) is 0 Å². The molecule has 0 aliphatic heterocycles. The molecule has 18 heavy (non-hydrogen) atoms. The molecule has 0 bridgehead atoms. The SMILES string of the molecule is CNC1CCCCc2nc(-c3cncs3)ncc21. The van der Waals surface area contributed by atoms with Crippen LogP contribution >= 0.6 is 11.3 Å². The number of hydrogen-bond acceptors (Lipinski definition) is 5. The van der Waals surface area contributed by atoms with Crippen molar-refractivity contribution in [2.24, 2.45) is 0 Å². The summed E-state index contributed by atoms with van der Waals surface area (Å²) in [6.07, 6.45) is 8.51. The van der Waals surface area contributed by atoms with E-state index in [1.54, 1.807) is 11.3 Å². The summed E-state index contributed by atoms with van der Waals surface area (Å²) in [6, 6.07) is 0.401. The van der Waals surface area contributed by atoms with Crippen LogP contribution in [0.1, 0.15) is 36.6 Å². The molecule has 1 unspecified atom stereocenters. The van der Waals surface area contributed by atoms with Crippen LogP contribution in [0.15, 0.2) is 17.9 Å². The number of hydrogen-bond donors (Lipinski definition) is 1. The van der Waals surface area contributed by atoms with E-state index in [0.717, 1.165) is 17.1 Å². The molecular formula is C13H16N4S. The Morgan fingerprint density at radius 3 is 3.06 bits per heavy atom. The van der Waals surface area contributed by atoms with Gasteiger partial charge in [0, 0.05) is 29.7 Å². The molecule has 4 nitrogen and oxygen atoms in total. The maximum Gasteiger partial charge on any atom is 0.171 e. The minimum absolute atomic E-state index is 0.401. The molecule has 0 amide bonds. The normalized spacial score (nSPS) is 19.3. The molecule has 0 spiro atoms. The summed E-state index contributed by atoms with van der Waals surface area (Å²) in [5.41, 5.74) is 4.29. The van der Waals surface area contributed by atoms with Crippen molar-refractivity contribution in [2.75, 3.05) is 7.05 Å². The highest BCUT2D eigenvalue weighted by Crippen LogP contribution is 2.28. The Hall–Kier alpha value is -1.33. The summed E-state index contributed by atoms with van der Waals surface area (Å²) in [5.74, 6) is 0.813. The van der Waals surface area contributed by atoms with Gasteiger partial charge < -0.3 is 5.32 Å². The Bertz CT molecular complexity index is 524. The van der Waals surface area contributed by atoms with Gasteiger partial charge in [0.2, 0.25) is 0 Å². The van der Waals surface area contributed by atoms with Crippen LogP contribution in [-0.2, 0) is 6.42 Å². The summed E-state index contributed by atoms with van der Waals surface area (Å²) in [5, 5.41) is 3.36.